The van der Waals surface area contributed by atoms with Crippen molar-refractivity contribution < 1.29 is 23.1 Å². The average Bonchev–Trinajstić information content (AvgIpc) is 2.82. The van der Waals surface area contributed by atoms with Gasteiger partial charge in [-0.05, 0) is 44.9 Å². The van der Waals surface area contributed by atoms with Gasteiger partial charge in [-0.25, -0.2) is 17.9 Å². The number of aliphatic hydroxyl groups excluding tert-OH is 1. The molecular formula is C24H38N4O5S. The number of hydrogen-bond acceptors (Lipinski definition) is 6. The maximum atomic E-state index is 12.9. The number of likely N-dealkylation sites (tertiary alicyclic amines) is 1. The number of sulfonamides is 1. The molecule has 1 atom stereocenters. The largest absolute Gasteiger partial charge is 0.492 e. The number of hydrogen-bond donors (Lipinski definition) is 3. The van der Waals surface area contributed by atoms with Gasteiger partial charge >= 0.3 is 6.03 Å². The van der Waals surface area contributed by atoms with E-state index in [0.29, 0.717) is 38.5 Å². The SMILES string of the molecule is CN1CC(O)CNS(=O)(=O)c2ccccc2OCC2(CCN(C(=O)NC3CCCCC3)CC2)C1. The number of ether oxygens (including phenoxy) is 1. The first kappa shape index (κ1) is 25.2. The fraction of sp³-hybridized carbons (Fsp3) is 0.708. The number of para-hydroxylation sites is 1. The Kier molecular flexibility index (Phi) is 8.01. The van der Waals surface area contributed by atoms with Gasteiger partial charge in [0.1, 0.15) is 10.6 Å². The van der Waals surface area contributed by atoms with Gasteiger partial charge in [0.05, 0.1) is 12.7 Å². The van der Waals surface area contributed by atoms with Gasteiger partial charge in [0.2, 0.25) is 10.0 Å². The highest BCUT2D eigenvalue weighted by Gasteiger charge is 2.39. The topological polar surface area (TPSA) is 111 Å². The number of carbonyl (C=O) groups is 1. The lowest BCUT2D eigenvalue weighted by atomic mass is 9.78. The zero-order chi connectivity index (χ0) is 24.2. The van der Waals surface area contributed by atoms with Crippen molar-refractivity contribution in [3.63, 3.8) is 0 Å². The monoisotopic (exact) mass is 494 g/mol. The van der Waals surface area contributed by atoms with E-state index in [-0.39, 0.29) is 28.9 Å². The van der Waals surface area contributed by atoms with Crippen LogP contribution in [0.15, 0.2) is 29.2 Å². The predicted octanol–water partition coefficient (Wildman–Crippen LogP) is 1.77. The summed E-state index contributed by atoms with van der Waals surface area (Å²) in [5.41, 5.74) is -0.250. The van der Waals surface area contributed by atoms with E-state index in [1.165, 1.54) is 25.3 Å². The van der Waals surface area contributed by atoms with Crippen molar-refractivity contribution in [2.75, 3.05) is 46.4 Å². The van der Waals surface area contributed by atoms with Crippen molar-refractivity contribution in [2.45, 2.75) is 62.0 Å². The summed E-state index contributed by atoms with van der Waals surface area (Å²) in [6.45, 7) is 2.57. The van der Waals surface area contributed by atoms with Crippen LogP contribution in [0, 0.1) is 5.41 Å². The molecule has 1 aliphatic carbocycles. The fourth-order valence-corrected chi connectivity index (χ4v) is 6.63. The van der Waals surface area contributed by atoms with Crippen LogP contribution in [0.1, 0.15) is 44.9 Å². The van der Waals surface area contributed by atoms with Crippen molar-refractivity contribution in [1.82, 2.24) is 19.8 Å². The van der Waals surface area contributed by atoms with Crippen molar-refractivity contribution in [2.24, 2.45) is 5.41 Å². The van der Waals surface area contributed by atoms with Crippen molar-refractivity contribution >= 4 is 16.1 Å². The molecule has 2 fully saturated rings. The van der Waals surface area contributed by atoms with Crippen LogP contribution in [-0.2, 0) is 10.0 Å². The molecule has 2 heterocycles. The van der Waals surface area contributed by atoms with Crippen molar-refractivity contribution in [3.8, 4) is 5.75 Å². The maximum absolute atomic E-state index is 12.9. The van der Waals surface area contributed by atoms with Crippen molar-refractivity contribution in [3.05, 3.63) is 24.3 Å². The number of likely N-dealkylation sites (N-methyl/N-ethyl adjacent to an activating group) is 1. The Morgan fingerprint density at radius 2 is 1.88 bits per heavy atom. The minimum absolute atomic E-state index is 0.0158. The number of β-amino-alcohol motifs (C(OH)–C–C–N with tert-alkyl or cyclic N) is 1. The number of urea groups is 1. The van der Waals surface area contributed by atoms with E-state index in [1.54, 1.807) is 18.2 Å². The Bertz CT molecular complexity index is 942. The van der Waals surface area contributed by atoms with E-state index >= 15 is 0 Å². The summed E-state index contributed by atoms with van der Waals surface area (Å²) in [7, 11) is -1.88. The molecule has 0 radical (unpaired) electrons. The van der Waals surface area contributed by atoms with Gasteiger partial charge in [0.15, 0.2) is 0 Å². The van der Waals surface area contributed by atoms with E-state index in [4.69, 9.17) is 4.74 Å². The number of aliphatic hydroxyl groups is 1. The van der Waals surface area contributed by atoms with Crippen LogP contribution in [0.3, 0.4) is 0 Å². The van der Waals surface area contributed by atoms with E-state index in [9.17, 15) is 18.3 Å². The molecule has 34 heavy (non-hydrogen) atoms. The van der Waals surface area contributed by atoms with E-state index in [0.717, 1.165) is 25.7 Å². The highest BCUT2D eigenvalue weighted by Crippen LogP contribution is 2.35. The number of benzene rings is 1. The zero-order valence-electron chi connectivity index (χ0n) is 20.0. The third kappa shape index (κ3) is 6.21. The molecule has 190 valence electrons. The lowest BCUT2D eigenvalue weighted by molar-refractivity contribution is 0.0239. The van der Waals surface area contributed by atoms with Gasteiger partial charge in [-0.1, -0.05) is 31.4 Å². The standard InChI is InChI=1S/C24H38N4O5S/c1-27-16-20(29)15-25-34(31,32)22-10-6-5-9-21(22)33-18-24(17-27)11-13-28(14-12-24)23(30)26-19-7-3-2-4-8-19/h5-6,9-10,19-20,25,29H,2-4,7-8,11-18H2,1H3,(H,26,30). The van der Waals surface area contributed by atoms with Crippen LogP contribution in [0.4, 0.5) is 4.79 Å². The molecule has 0 aromatic heterocycles. The van der Waals surface area contributed by atoms with Gasteiger partial charge in [-0.3, -0.25) is 0 Å². The number of amides is 2. The molecule has 2 amide bonds. The smallest absolute Gasteiger partial charge is 0.317 e. The number of nitrogens with one attached hydrogen (secondary N) is 2. The van der Waals surface area contributed by atoms with Crippen molar-refractivity contribution in [1.29, 1.82) is 0 Å². The fourth-order valence-electron chi connectivity index (χ4n) is 5.41. The second kappa shape index (κ2) is 10.8. The summed E-state index contributed by atoms with van der Waals surface area (Å²) in [5.74, 6) is 0.310. The molecule has 9 nitrogen and oxygen atoms in total. The third-order valence-corrected chi connectivity index (χ3v) is 8.82. The molecule has 10 heteroatoms. The summed E-state index contributed by atoms with van der Waals surface area (Å²) in [6.07, 6.45) is 6.39. The quantitative estimate of drug-likeness (QED) is 0.549. The normalized spacial score (nSPS) is 26.5. The second-order valence-electron chi connectivity index (χ2n) is 10.2. The molecule has 1 aromatic carbocycles. The second-order valence-corrected chi connectivity index (χ2v) is 11.9. The van der Waals surface area contributed by atoms with E-state index in [1.807, 2.05) is 16.8 Å². The Balaban J connectivity index is 1.48. The maximum Gasteiger partial charge on any atom is 0.317 e. The van der Waals surface area contributed by atoms with Gasteiger partial charge in [0.25, 0.3) is 0 Å². The predicted molar refractivity (Wildman–Crippen MR) is 129 cm³/mol. The highest BCUT2D eigenvalue weighted by molar-refractivity contribution is 7.89. The Labute approximate surface area is 202 Å². The molecule has 3 aliphatic rings. The molecule has 1 unspecified atom stereocenters. The summed E-state index contributed by atoms with van der Waals surface area (Å²) in [4.78, 5) is 16.9. The molecular weight excluding hydrogens is 456 g/mol. The molecule has 3 N–H and O–H groups in total. The van der Waals surface area contributed by atoms with Crippen LogP contribution in [0.5, 0.6) is 5.75 Å². The molecule has 1 saturated heterocycles. The molecule has 1 aromatic rings. The first-order valence-electron chi connectivity index (χ1n) is 12.4. The molecule has 2 aliphatic heterocycles. The highest BCUT2D eigenvalue weighted by atomic mass is 32.2. The van der Waals surface area contributed by atoms with Crippen LogP contribution < -0.4 is 14.8 Å². The number of rotatable bonds is 1. The Hall–Kier alpha value is -1.88. The Morgan fingerprint density at radius 3 is 2.62 bits per heavy atom. The Morgan fingerprint density at radius 1 is 1.18 bits per heavy atom. The van der Waals surface area contributed by atoms with Gasteiger partial charge in [-0.2, -0.15) is 0 Å². The summed E-state index contributed by atoms with van der Waals surface area (Å²) in [5, 5.41) is 13.7. The van der Waals surface area contributed by atoms with Crippen LogP contribution in [0.25, 0.3) is 0 Å². The van der Waals surface area contributed by atoms with Gasteiger partial charge < -0.3 is 25.0 Å². The third-order valence-electron chi connectivity index (χ3n) is 7.35. The zero-order valence-corrected chi connectivity index (χ0v) is 20.9. The minimum atomic E-state index is -3.81. The van der Waals surface area contributed by atoms with Crippen LogP contribution in [0.2, 0.25) is 0 Å². The first-order valence-corrected chi connectivity index (χ1v) is 13.9. The molecule has 0 bridgehead atoms. The van der Waals surface area contributed by atoms with Crippen LogP contribution in [-0.4, -0.2) is 87.9 Å². The lowest BCUT2D eigenvalue weighted by Gasteiger charge is -2.44. The first-order chi connectivity index (χ1) is 16.3. The van der Waals surface area contributed by atoms with Gasteiger partial charge in [0, 0.05) is 44.2 Å². The van der Waals surface area contributed by atoms with E-state index < -0.39 is 16.1 Å². The minimum Gasteiger partial charge on any atom is -0.492 e. The number of piperidine rings is 1. The number of nitrogens with zero attached hydrogens (tertiary/aromatic N) is 2. The molecule has 4 rings (SSSR count). The van der Waals surface area contributed by atoms with Gasteiger partial charge in [-0.15, -0.1) is 0 Å². The van der Waals surface area contributed by atoms with E-state index in [2.05, 4.69) is 10.0 Å². The molecule has 1 saturated carbocycles. The summed E-state index contributed by atoms with van der Waals surface area (Å²) < 4.78 is 34.3. The number of fused-ring (bicyclic) bond motifs is 1. The van der Waals surface area contributed by atoms with Crippen LogP contribution >= 0.6 is 0 Å². The molecule has 1 spiro atoms. The average molecular weight is 495 g/mol. The summed E-state index contributed by atoms with van der Waals surface area (Å²) >= 11 is 0. The summed E-state index contributed by atoms with van der Waals surface area (Å²) in [6, 6.07) is 6.90. The number of carbonyl (C=O) groups excluding carboxylic acids is 1. The lowest BCUT2D eigenvalue weighted by Crippen LogP contribution is -2.54.